The van der Waals surface area contributed by atoms with Gasteiger partial charge < -0.3 is 14.5 Å². The van der Waals surface area contributed by atoms with E-state index in [2.05, 4.69) is 0 Å². The second kappa shape index (κ2) is 12.0. The molecule has 2 fully saturated rings. The number of piperidine rings is 1. The number of aryl methyl sites for hydroxylation is 1. The molecule has 45 heavy (non-hydrogen) atoms. The van der Waals surface area contributed by atoms with Crippen LogP contribution in [0.2, 0.25) is 0 Å². The number of alkyl halides is 6. The van der Waals surface area contributed by atoms with Gasteiger partial charge in [0.05, 0.1) is 17.2 Å². The predicted molar refractivity (Wildman–Crippen MR) is 149 cm³/mol. The molecule has 0 spiro atoms. The van der Waals surface area contributed by atoms with Crippen LogP contribution in [0.4, 0.5) is 31.1 Å². The number of imide groups is 1. The summed E-state index contributed by atoms with van der Waals surface area (Å²) in [6, 6.07) is 7.22. The van der Waals surface area contributed by atoms with Crippen molar-refractivity contribution in [2.45, 2.75) is 64.0 Å². The second-order valence-corrected chi connectivity index (χ2v) is 11.9. The number of nitrogens with zero attached hydrogens (tertiary/aromatic N) is 3. The van der Waals surface area contributed by atoms with Gasteiger partial charge in [-0.25, -0.2) is 9.69 Å². The van der Waals surface area contributed by atoms with Gasteiger partial charge in [-0.1, -0.05) is 24.3 Å². The van der Waals surface area contributed by atoms with E-state index < -0.39 is 77.3 Å². The molecule has 0 aliphatic carbocycles. The lowest BCUT2D eigenvalue weighted by Crippen LogP contribution is -2.51. The van der Waals surface area contributed by atoms with Crippen molar-refractivity contribution in [3.05, 3.63) is 70.3 Å². The minimum atomic E-state index is -5.04. The highest BCUT2D eigenvalue weighted by molar-refractivity contribution is 6.04. The number of amides is 4. The Morgan fingerprint density at radius 1 is 1.02 bits per heavy atom. The predicted octanol–water partition coefficient (Wildman–Crippen LogP) is 5.94. The van der Waals surface area contributed by atoms with E-state index >= 15 is 0 Å². The Kier molecular flexibility index (Phi) is 9.02. The molecule has 8 nitrogen and oxygen atoms in total. The first kappa shape index (κ1) is 33.8. The number of hydrogen-bond donors (Lipinski definition) is 0. The van der Waals surface area contributed by atoms with Crippen LogP contribution in [0, 0.1) is 12.8 Å². The van der Waals surface area contributed by atoms with Crippen molar-refractivity contribution in [3.63, 3.8) is 0 Å². The summed E-state index contributed by atoms with van der Waals surface area (Å²) in [5.74, 6) is -3.12. The number of likely N-dealkylation sites (tertiary alicyclic amines) is 1. The van der Waals surface area contributed by atoms with Gasteiger partial charge in [0, 0.05) is 32.0 Å². The summed E-state index contributed by atoms with van der Waals surface area (Å²) in [4.78, 5) is 55.3. The number of carbonyl (C=O) groups excluding carboxylic acids is 4. The van der Waals surface area contributed by atoms with E-state index in [0.717, 1.165) is 20.9 Å². The van der Waals surface area contributed by atoms with Crippen LogP contribution >= 0.6 is 0 Å². The van der Waals surface area contributed by atoms with Gasteiger partial charge >= 0.3 is 18.4 Å². The first-order valence-electron chi connectivity index (χ1n) is 14.2. The van der Waals surface area contributed by atoms with E-state index in [1.165, 1.54) is 32.7 Å². The molecular weight excluding hydrogens is 608 g/mol. The Balaban J connectivity index is 1.61. The van der Waals surface area contributed by atoms with Crippen molar-refractivity contribution >= 4 is 23.8 Å². The second-order valence-electron chi connectivity index (χ2n) is 11.9. The summed E-state index contributed by atoms with van der Waals surface area (Å²) in [7, 11) is 1.32. The third kappa shape index (κ3) is 6.94. The van der Waals surface area contributed by atoms with E-state index in [1.807, 2.05) is 13.0 Å². The first-order chi connectivity index (χ1) is 20.7. The summed E-state index contributed by atoms with van der Waals surface area (Å²) >= 11 is 0. The van der Waals surface area contributed by atoms with Crippen LogP contribution in [0.25, 0.3) is 0 Å². The Morgan fingerprint density at radius 3 is 2.11 bits per heavy atom. The molecule has 0 N–H and O–H groups in total. The van der Waals surface area contributed by atoms with E-state index in [0.29, 0.717) is 12.1 Å². The monoisotopic (exact) mass is 641 g/mol. The van der Waals surface area contributed by atoms with E-state index in [9.17, 15) is 45.5 Å². The molecule has 0 saturated carbocycles. The highest BCUT2D eigenvalue weighted by atomic mass is 19.4. The quantitative estimate of drug-likeness (QED) is 0.365. The van der Waals surface area contributed by atoms with Gasteiger partial charge in [-0.3, -0.25) is 14.4 Å². The zero-order valence-corrected chi connectivity index (χ0v) is 25.3. The minimum absolute atomic E-state index is 0.0184. The fraction of sp³-hybridized carbons (Fsp3) is 0.484. The molecule has 2 aliphatic rings. The highest BCUT2D eigenvalue weighted by Crippen LogP contribution is 2.40. The Bertz CT molecular complexity index is 1470. The Hall–Kier alpha value is -4.10. The average Bonchev–Trinajstić information content (AvgIpc) is 3.15. The van der Waals surface area contributed by atoms with Gasteiger partial charge in [-0.2, -0.15) is 26.3 Å². The molecule has 14 heteroatoms. The lowest BCUT2D eigenvalue weighted by Gasteiger charge is -2.41. The summed E-state index contributed by atoms with van der Waals surface area (Å²) in [5.41, 5.74) is -3.18. The van der Waals surface area contributed by atoms with E-state index in [4.69, 9.17) is 4.74 Å². The topological polar surface area (TPSA) is 87.2 Å². The molecule has 0 unspecified atom stereocenters. The molecule has 2 aliphatic heterocycles. The third-order valence-electron chi connectivity index (χ3n) is 8.51. The number of ether oxygens (including phenoxy) is 1. The Morgan fingerprint density at radius 2 is 1.60 bits per heavy atom. The smallest absolute Gasteiger partial charge is 0.418 e. The first-order valence-corrected chi connectivity index (χ1v) is 14.2. The maximum absolute atomic E-state index is 13.9. The summed E-state index contributed by atoms with van der Waals surface area (Å²) in [6.45, 7) is 5.49. The fourth-order valence-electron chi connectivity index (χ4n) is 5.78. The van der Waals surface area contributed by atoms with Gasteiger partial charge in [0.2, 0.25) is 11.8 Å². The summed E-state index contributed by atoms with van der Waals surface area (Å²) < 4.78 is 86.1. The number of rotatable bonds is 6. The molecule has 0 radical (unpaired) electrons. The molecule has 2 heterocycles. The van der Waals surface area contributed by atoms with Gasteiger partial charge in [0.25, 0.3) is 5.91 Å². The number of benzene rings is 2. The summed E-state index contributed by atoms with van der Waals surface area (Å²) in [5, 5.41) is 0. The maximum atomic E-state index is 13.9. The van der Waals surface area contributed by atoms with E-state index in [1.54, 1.807) is 18.2 Å². The molecule has 0 aromatic heterocycles. The maximum Gasteiger partial charge on any atom is 0.418 e. The molecule has 3 atom stereocenters. The van der Waals surface area contributed by atoms with Crippen molar-refractivity contribution in [3.8, 4) is 0 Å². The van der Waals surface area contributed by atoms with Gasteiger partial charge in [-0.05, 0) is 69.0 Å². The zero-order valence-electron chi connectivity index (χ0n) is 25.3. The molecule has 2 aromatic rings. The van der Waals surface area contributed by atoms with Crippen molar-refractivity contribution < 1.29 is 50.3 Å². The lowest BCUT2D eigenvalue weighted by molar-refractivity contribution is -0.144. The van der Waals surface area contributed by atoms with Gasteiger partial charge in [-0.15, -0.1) is 0 Å². The third-order valence-corrected chi connectivity index (χ3v) is 8.51. The number of halogens is 6. The number of cyclic esters (lactones) is 1. The van der Waals surface area contributed by atoms with Crippen LogP contribution in [0.1, 0.15) is 67.0 Å². The molecule has 2 aromatic carbocycles. The normalized spacial score (nSPS) is 21.0. The largest absolute Gasteiger partial charge is 0.433 e. The molecule has 4 rings (SSSR count). The number of carbonyl (C=O) groups is 4. The molecule has 4 amide bonds. The molecule has 2 saturated heterocycles. The van der Waals surface area contributed by atoms with Crippen LogP contribution < -0.4 is 0 Å². The number of hydrogen-bond acceptors (Lipinski definition) is 5. The zero-order chi connectivity index (χ0) is 33.6. The molecular formula is C31H33F6N3O5. The van der Waals surface area contributed by atoms with Crippen LogP contribution in [0.3, 0.4) is 0 Å². The SMILES string of the molecule is Cc1ccccc1[C@H]1CN(C(=O)CN2C(=O)OC(C)(C)C2=O)CC[C@@H]1C(=O)N(C)[C@@H](C)c1cc(C(F)(F)F)cc(C(F)(F)F)c1. The Labute approximate surface area is 255 Å². The molecule has 244 valence electrons. The van der Waals surface area contributed by atoms with Crippen LogP contribution in [0.5, 0.6) is 0 Å². The highest BCUT2D eigenvalue weighted by Gasteiger charge is 2.49. The lowest BCUT2D eigenvalue weighted by atomic mass is 9.78. The van der Waals surface area contributed by atoms with Crippen molar-refractivity contribution in [1.82, 2.24) is 14.7 Å². The van der Waals surface area contributed by atoms with Crippen LogP contribution in [-0.2, 0) is 31.5 Å². The van der Waals surface area contributed by atoms with Crippen LogP contribution in [-0.4, -0.2) is 70.8 Å². The van der Waals surface area contributed by atoms with Gasteiger partial charge in [0.15, 0.2) is 5.60 Å². The summed E-state index contributed by atoms with van der Waals surface area (Å²) in [6.07, 6.45) is -10.9. The van der Waals surface area contributed by atoms with Crippen molar-refractivity contribution in [2.24, 2.45) is 5.92 Å². The minimum Gasteiger partial charge on any atom is -0.433 e. The van der Waals surface area contributed by atoms with Crippen molar-refractivity contribution in [1.29, 1.82) is 0 Å². The van der Waals surface area contributed by atoms with Gasteiger partial charge in [0.1, 0.15) is 6.54 Å². The average molecular weight is 642 g/mol. The fourth-order valence-corrected chi connectivity index (χ4v) is 5.78. The molecule has 0 bridgehead atoms. The van der Waals surface area contributed by atoms with Crippen LogP contribution in [0.15, 0.2) is 42.5 Å². The van der Waals surface area contributed by atoms with E-state index in [-0.39, 0.29) is 31.1 Å². The van der Waals surface area contributed by atoms with Crippen molar-refractivity contribution in [2.75, 3.05) is 26.7 Å². The standard InChI is InChI=1S/C31H33F6N3O5/c1-17-8-6-7-9-22(17)24-15-39(25(41)16-40-27(43)29(3,4)45-28(40)44)11-10-23(24)26(42)38(5)18(2)19-12-20(30(32,33)34)14-21(13-19)31(35,36)37/h6-9,12-14,18,23-24H,10-11,15-16H2,1-5H3/t18-,23-,24+/m0/s1.